The van der Waals surface area contributed by atoms with E-state index in [2.05, 4.69) is 5.32 Å². The van der Waals surface area contributed by atoms with Crippen molar-refractivity contribution in [2.75, 3.05) is 5.32 Å². The van der Waals surface area contributed by atoms with Crippen molar-refractivity contribution in [3.8, 4) is 0 Å². The van der Waals surface area contributed by atoms with Gasteiger partial charge in [0.1, 0.15) is 0 Å². The molecule has 1 N–H and O–H groups in total. The Morgan fingerprint density at radius 2 is 2.00 bits per heavy atom. The predicted octanol–water partition coefficient (Wildman–Crippen LogP) is 1.89. The molecule has 0 aromatic heterocycles. The van der Waals surface area contributed by atoms with E-state index >= 15 is 0 Å². The average molecular weight is 206 g/mol. The Morgan fingerprint density at radius 1 is 1.40 bits per heavy atom. The van der Waals surface area contributed by atoms with Gasteiger partial charge in [-0.3, -0.25) is 14.9 Å². The Morgan fingerprint density at radius 3 is 2.47 bits per heavy atom. The third-order valence-corrected chi connectivity index (χ3v) is 1.62. The molecular weight excluding hydrogens is 196 g/mol. The van der Waals surface area contributed by atoms with Crippen molar-refractivity contribution >= 4 is 17.7 Å². The lowest BCUT2D eigenvalue weighted by molar-refractivity contribution is -0.400. The van der Waals surface area contributed by atoms with E-state index in [1.165, 1.54) is 13.0 Å². The summed E-state index contributed by atoms with van der Waals surface area (Å²) < 4.78 is 0. The highest BCUT2D eigenvalue weighted by atomic mass is 16.6. The minimum atomic E-state index is -0.526. The van der Waals surface area contributed by atoms with Gasteiger partial charge in [0.15, 0.2) is 0 Å². The molecule has 0 radical (unpaired) electrons. The van der Waals surface area contributed by atoms with Gasteiger partial charge in [-0.2, -0.15) is 0 Å². The van der Waals surface area contributed by atoms with Crippen LogP contribution >= 0.6 is 0 Å². The molecule has 1 aromatic rings. The lowest BCUT2D eigenvalue weighted by Crippen LogP contribution is -2.05. The van der Waals surface area contributed by atoms with Crippen molar-refractivity contribution in [2.45, 2.75) is 6.92 Å². The molecular formula is C10H10N2O3. The summed E-state index contributed by atoms with van der Waals surface area (Å²) in [4.78, 5) is 20.2. The lowest BCUT2D eigenvalue weighted by Gasteiger charge is -2.00. The third kappa shape index (κ3) is 4.04. The van der Waals surface area contributed by atoms with Crippen LogP contribution in [0.1, 0.15) is 12.5 Å². The summed E-state index contributed by atoms with van der Waals surface area (Å²) >= 11 is 0. The zero-order valence-electron chi connectivity index (χ0n) is 8.14. The van der Waals surface area contributed by atoms with Crippen LogP contribution in [0, 0.1) is 10.1 Å². The van der Waals surface area contributed by atoms with Crippen LogP contribution in [0.15, 0.2) is 30.5 Å². The largest absolute Gasteiger partial charge is 0.326 e. The molecule has 78 valence electrons. The standard InChI is InChI=1S/C10H10N2O3/c1-8(13)11-10-4-2-9(3-5-10)6-7-12(14)15/h2-7H,1H3,(H,11,13). The van der Waals surface area contributed by atoms with Gasteiger partial charge in [-0.1, -0.05) is 12.1 Å². The molecule has 1 aromatic carbocycles. The van der Waals surface area contributed by atoms with Crippen LogP contribution < -0.4 is 5.32 Å². The Kier molecular flexibility index (Phi) is 3.56. The zero-order chi connectivity index (χ0) is 11.3. The first-order valence-corrected chi connectivity index (χ1v) is 4.27. The third-order valence-electron chi connectivity index (χ3n) is 1.62. The van der Waals surface area contributed by atoms with Crippen molar-refractivity contribution in [3.63, 3.8) is 0 Å². The lowest BCUT2D eigenvalue weighted by atomic mass is 10.2. The summed E-state index contributed by atoms with van der Waals surface area (Å²) in [5.41, 5.74) is 1.38. The highest BCUT2D eigenvalue weighted by Gasteiger charge is 1.95. The monoisotopic (exact) mass is 206 g/mol. The SMILES string of the molecule is CC(=O)Nc1ccc(C=C[N+](=O)[O-])cc1. The number of hydrogen-bond acceptors (Lipinski definition) is 3. The van der Waals surface area contributed by atoms with Gasteiger partial charge in [-0.15, -0.1) is 0 Å². The van der Waals surface area contributed by atoms with Crippen LogP contribution in [-0.2, 0) is 4.79 Å². The Bertz CT molecular complexity index is 396. The maximum atomic E-state index is 10.7. The number of anilines is 1. The number of hydrogen-bond donors (Lipinski definition) is 1. The smallest absolute Gasteiger partial charge is 0.235 e. The fourth-order valence-corrected chi connectivity index (χ4v) is 1.03. The number of carbonyl (C=O) groups is 1. The Hall–Kier alpha value is -2.17. The zero-order valence-corrected chi connectivity index (χ0v) is 8.14. The van der Waals surface area contributed by atoms with Crippen molar-refractivity contribution in [1.82, 2.24) is 0 Å². The van der Waals surface area contributed by atoms with E-state index < -0.39 is 4.92 Å². The van der Waals surface area contributed by atoms with Gasteiger partial charge in [0, 0.05) is 18.7 Å². The van der Waals surface area contributed by atoms with Gasteiger partial charge < -0.3 is 5.32 Å². The van der Waals surface area contributed by atoms with E-state index in [0.29, 0.717) is 11.3 Å². The number of rotatable bonds is 3. The Labute approximate surface area is 86.6 Å². The topological polar surface area (TPSA) is 72.2 Å². The molecule has 0 saturated carbocycles. The predicted molar refractivity (Wildman–Crippen MR) is 56.8 cm³/mol. The first kappa shape index (κ1) is 10.9. The van der Waals surface area contributed by atoms with E-state index in [0.717, 1.165) is 6.20 Å². The molecule has 0 spiro atoms. The fraction of sp³-hybridized carbons (Fsp3) is 0.100. The number of nitro groups is 1. The van der Waals surface area contributed by atoms with Crippen LogP contribution in [0.2, 0.25) is 0 Å². The van der Waals surface area contributed by atoms with E-state index in [1.807, 2.05) is 0 Å². The van der Waals surface area contributed by atoms with E-state index in [9.17, 15) is 14.9 Å². The average Bonchev–Trinajstić information content (AvgIpc) is 2.16. The minimum absolute atomic E-state index is 0.149. The molecule has 5 heteroatoms. The van der Waals surface area contributed by atoms with Crippen LogP contribution in [0.5, 0.6) is 0 Å². The summed E-state index contributed by atoms with van der Waals surface area (Å²) in [6, 6.07) is 6.73. The Balaban J connectivity index is 2.72. The van der Waals surface area contributed by atoms with E-state index in [4.69, 9.17) is 0 Å². The van der Waals surface area contributed by atoms with Crippen molar-refractivity contribution < 1.29 is 9.72 Å². The van der Waals surface area contributed by atoms with Crippen LogP contribution in [0.25, 0.3) is 6.08 Å². The van der Waals surface area contributed by atoms with E-state index in [-0.39, 0.29) is 5.91 Å². The highest BCUT2D eigenvalue weighted by Crippen LogP contribution is 2.10. The first-order valence-electron chi connectivity index (χ1n) is 4.27. The van der Waals surface area contributed by atoms with Gasteiger partial charge >= 0.3 is 0 Å². The molecule has 0 aliphatic carbocycles. The first-order chi connectivity index (χ1) is 7.08. The van der Waals surface area contributed by atoms with Crippen LogP contribution in [0.3, 0.4) is 0 Å². The number of nitrogens with zero attached hydrogens (tertiary/aromatic N) is 1. The molecule has 0 fully saturated rings. The second-order valence-corrected chi connectivity index (χ2v) is 2.90. The minimum Gasteiger partial charge on any atom is -0.326 e. The number of nitrogens with one attached hydrogen (secondary N) is 1. The summed E-state index contributed by atoms with van der Waals surface area (Å²) in [7, 11) is 0. The molecule has 0 atom stereocenters. The van der Waals surface area contributed by atoms with Crippen molar-refractivity contribution in [2.24, 2.45) is 0 Å². The normalized spacial score (nSPS) is 10.2. The van der Waals surface area contributed by atoms with Crippen LogP contribution in [-0.4, -0.2) is 10.8 Å². The molecule has 0 unspecified atom stereocenters. The summed E-state index contributed by atoms with van der Waals surface area (Å²) in [5.74, 6) is -0.149. The molecule has 0 saturated heterocycles. The molecule has 0 aliphatic heterocycles. The summed E-state index contributed by atoms with van der Waals surface area (Å²) in [5, 5.41) is 12.6. The molecule has 1 rings (SSSR count). The quantitative estimate of drug-likeness (QED) is 0.606. The van der Waals surface area contributed by atoms with Crippen LogP contribution in [0.4, 0.5) is 5.69 Å². The van der Waals surface area contributed by atoms with Crippen molar-refractivity contribution in [1.29, 1.82) is 0 Å². The maximum Gasteiger partial charge on any atom is 0.235 e. The second-order valence-electron chi connectivity index (χ2n) is 2.90. The van der Waals surface area contributed by atoms with Gasteiger partial charge in [0.05, 0.1) is 4.92 Å². The molecule has 0 aliphatic rings. The van der Waals surface area contributed by atoms with Gasteiger partial charge in [-0.05, 0) is 17.7 Å². The molecule has 5 nitrogen and oxygen atoms in total. The summed E-state index contributed by atoms with van der Waals surface area (Å²) in [6.07, 6.45) is 2.25. The number of carbonyl (C=O) groups excluding carboxylic acids is 1. The maximum absolute atomic E-state index is 10.7. The molecule has 0 bridgehead atoms. The fourth-order valence-electron chi connectivity index (χ4n) is 1.03. The van der Waals surface area contributed by atoms with Crippen molar-refractivity contribution in [3.05, 3.63) is 46.1 Å². The van der Waals surface area contributed by atoms with E-state index in [1.54, 1.807) is 24.3 Å². The number of amides is 1. The number of benzene rings is 1. The van der Waals surface area contributed by atoms with Gasteiger partial charge in [0.2, 0.25) is 12.1 Å². The molecule has 15 heavy (non-hydrogen) atoms. The molecule has 0 heterocycles. The van der Waals surface area contributed by atoms with Gasteiger partial charge in [0.25, 0.3) is 0 Å². The highest BCUT2D eigenvalue weighted by molar-refractivity contribution is 5.88. The second kappa shape index (κ2) is 4.90. The summed E-state index contributed by atoms with van der Waals surface area (Å²) in [6.45, 7) is 1.42. The molecule has 1 amide bonds. The van der Waals surface area contributed by atoms with Gasteiger partial charge in [-0.25, -0.2) is 0 Å².